The van der Waals surface area contributed by atoms with Gasteiger partial charge in [-0.1, -0.05) is 6.08 Å². The zero-order valence-corrected chi connectivity index (χ0v) is 18.6. The zero-order chi connectivity index (χ0) is 26.3. The van der Waals surface area contributed by atoms with E-state index in [1.807, 2.05) is 0 Å². The molecule has 1 aromatic rings. The van der Waals surface area contributed by atoms with Gasteiger partial charge in [-0.05, 0) is 18.9 Å². The van der Waals surface area contributed by atoms with Gasteiger partial charge in [0.25, 0.3) is 0 Å². The average molecular weight is 498 g/mol. The number of rotatable bonds is 11. The van der Waals surface area contributed by atoms with Crippen LogP contribution in [-0.4, -0.2) is 84.8 Å². The van der Waals surface area contributed by atoms with Crippen LogP contribution in [0.15, 0.2) is 28.1 Å². The maximum atomic E-state index is 12.4. The molecule has 5 atom stereocenters. The van der Waals surface area contributed by atoms with E-state index in [4.69, 9.17) is 32.8 Å². The maximum Gasteiger partial charge on any atom is 0.351 e. The fourth-order valence-corrected chi connectivity index (χ4v) is 3.40. The Morgan fingerprint density at radius 1 is 1.31 bits per heavy atom. The SMILES string of the molecule is NC(N)=NCCC[C@](O)(C(=O)O)[C@H]1O[C@@H](n2cc(CO)c(N)nc2=O)C=C[C@@H]1NC(=O)[C@@H](N)CO. The highest BCUT2D eigenvalue weighted by Crippen LogP contribution is 2.31. The number of hydrogen-bond acceptors (Lipinski definition) is 11. The third-order valence-corrected chi connectivity index (χ3v) is 5.29. The fourth-order valence-electron chi connectivity index (χ4n) is 3.40. The molecule has 2 rings (SSSR count). The van der Waals surface area contributed by atoms with E-state index in [2.05, 4.69) is 15.3 Å². The summed E-state index contributed by atoms with van der Waals surface area (Å²) in [5.74, 6) is -2.93. The molecule has 0 unspecified atom stereocenters. The van der Waals surface area contributed by atoms with Crippen molar-refractivity contribution in [2.75, 3.05) is 18.9 Å². The molecule has 0 spiro atoms. The number of guanidine groups is 1. The fraction of sp³-hybridized carbons (Fsp3) is 0.526. The van der Waals surface area contributed by atoms with E-state index in [0.29, 0.717) is 0 Å². The molecule has 0 fully saturated rings. The molecule has 0 aliphatic carbocycles. The van der Waals surface area contributed by atoms with Crippen LogP contribution >= 0.6 is 0 Å². The second-order valence-corrected chi connectivity index (χ2v) is 7.79. The van der Waals surface area contributed by atoms with Gasteiger partial charge in [0.1, 0.15) is 18.0 Å². The molecule has 1 amide bonds. The largest absolute Gasteiger partial charge is 0.479 e. The normalized spacial score (nSPS) is 22.1. The van der Waals surface area contributed by atoms with Crippen molar-refractivity contribution in [3.63, 3.8) is 0 Å². The van der Waals surface area contributed by atoms with Crippen molar-refractivity contribution in [1.29, 1.82) is 0 Å². The minimum Gasteiger partial charge on any atom is -0.479 e. The molecule has 0 bridgehead atoms. The van der Waals surface area contributed by atoms with Gasteiger partial charge >= 0.3 is 11.7 Å². The Hall–Kier alpha value is -3.57. The summed E-state index contributed by atoms with van der Waals surface area (Å²) < 4.78 is 6.74. The zero-order valence-electron chi connectivity index (χ0n) is 18.6. The van der Waals surface area contributed by atoms with Gasteiger partial charge in [0.2, 0.25) is 5.91 Å². The molecular formula is C19H30N8O8. The predicted octanol–water partition coefficient (Wildman–Crippen LogP) is -4.55. The van der Waals surface area contributed by atoms with Crippen molar-refractivity contribution in [3.8, 4) is 0 Å². The van der Waals surface area contributed by atoms with Crippen LogP contribution < -0.4 is 33.9 Å². The lowest BCUT2D eigenvalue weighted by molar-refractivity contribution is -0.193. The number of ether oxygens (including phenoxy) is 1. The predicted molar refractivity (Wildman–Crippen MR) is 121 cm³/mol. The van der Waals surface area contributed by atoms with E-state index in [1.54, 1.807) is 0 Å². The number of nitrogens with zero attached hydrogens (tertiary/aromatic N) is 3. The van der Waals surface area contributed by atoms with Gasteiger partial charge < -0.3 is 53.4 Å². The number of aliphatic imine (C=N–C) groups is 1. The van der Waals surface area contributed by atoms with Gasteiger partial charge in [0.05, 0.1) is 19.3 Å². The van der Waals surface area contributed by atoms with E-state index in [0.717, 1.165) is 4.57 Å². The van der Waals surface area contributed by atoms with Crippen LogP contribution in [0.25, 0.3) is 0 Å². The van der Waals surface area contributed by atoms with Gasteiger partial charge in [0, 0.05) is 18.3 Å². The van der Waals surface area contributed by atoms with E-state index in [9.17, 15) is 29.7 Å². The molecule has 13 N–H and O–H groups in total. The monoisotopic (exact) mass is 498 g/mol. The summed E-state index contributed by atoms with van der Waals surface area (Å²) in [7, 11) is 0. The standard InChI is InChI=1S/C19H30N8O8/c20-10(8-29)15(30)25-11-2-3-12(27-6-9(7-28)14(21)26-18(27)33)35-13(11)19(34,16(31)32)4-1-5-24-17(22)23/h2-3,6,10-13,28-29,34H,1,4-5,7-8,20H2,(H,25,30)(H,31,32)(H2,21,26,33)(H4,22,23,24)/t10-,11-,12+,13-,19+/m0/s1. The topological polar surface area (TPSA) is 288 Å². The van der Waals surface area contributed by atoms with Crippen molar-refractivity contribution in [1.82, 2.24) is 14.9 Å². The Morgan fingerprint density at radius 2 is 2.00 bits per heavy atom. The van der Waals surface area contributed by atoms with Crippen molar-refractivity contribution in [2.24, 2.45) is 22.2 Å². The molecule has 16 nitrogen and oxygen atoms in total. The molecule has 0 aromatic carbocycles. The van der Waals surface area contributed by atoms with Crippen LogP contribution in [0.4, 0.5) is 5.82 Å². The Balaban J connectivity index is 2.48. The number of nitrogens with two attached hydrogens (primary N) is 4. The molecule has 0 radical (unpaired) electrons. The number of aliphatic hydroxyl groups is 3. The first-order chi connectivity index (χ1) is 16.4. The summed E-state index contributed by atoms with van der Waals surface area (Å²) >= 11 is 0. The van der Waals surface area contributed by atoms with Gasteiger partial charge in [0.15, 0.2) is 17.8 Å². The Bertz CT molecular complexity index is 1040. The number of amides is 1. The molecule has 1 aliphatic rings. The lowest BCUT2D eigenvalue weighted by Crippen LogP contribution is -2.62. The number of carbonyl (C=O) groups is 2. The molecular weight excluding hydrogens is 468 g/mol. The van der Waals surface area contributed by atoms with Gasteiger partial charge in [-0.25, -0.2) is 9.59 Å². The summed E-state index contributed by atoms with van der Waals surface area (Å²) in [5.41, 5.74) is 18.3. The second kappa shape index (κ2) is 11.7. The lowest BCUT2D eigenvalue weighted by atomic mass is 9.85. The highest BCUT2D eigenvalue weighted by atomic mass is 16.5. The van der Waals surface area contributed by atoms with Crippen LogP contribution in [0.2, 0.25) is 0 Å². The van der Waals surface area contributed by atoms with E-state index in [-0.39, 0.29) is 30.3 Å². The first-order valence-electron chi connectivity index (χ1n) is 10.4. The van der Waals surface area contributed by atoms with Crippen molar-refractivity contribution in [3.05, 3.63) is 34.4 Å². The minimum atomic E-state index is -2.59. The number of aromatic nitrogens is 2. The number of carboxylic acid groups (broad SMARTS) is 1. The summed E-state index contributed by atoms with van der Waals surface area (Å²) in [6.45, 7) is -1.23. The van der Waals surface area contributed by atoms with Crippen LogP contribution in [-0.2, 0) is 20.9 Å². The Labute approximate surface area is 198 Å². The smallest absolute Gasteiger partial charge is 0.351 e. The van der Waals surface area contributed by atoms with Crippen molar-refractivity contribution < 1.29 is 34.8 Å². The lowest BCUT2D eigenvalue weighted by Gasteiger charge is -2.41. The first-order valence-corrected chi connectivity index (χ1v) is 10.4. The van der Waals surface area contributed by atoms with E-state index < -0.39 is 67.2 Å². The number of nitrogen functional groups attached to an aromatic ring is 1. The third-order valence-electron chi connectivity index (χ3n) is 5.29. The highest BCUT2D eigenvalue weighted by molar-refractivity contribution is 5.83. The summed E-state index contributed by atoms with van der Waals surface area (Å²) in [4.78, 5) is 44.2. The van der Waals surface area contributed by atoms with Crippen LogP contribution in [0, 0.1) is 0 Å². The minimum absolute atomic E-state index is 0.00246. The molecule has 35 heavy (non-hydrogen) atoms. The number of carboxylic acids is 1. The number of aliphatic carboxylic acids is 1. The van der Waals surface area contributed by atoms with Crippen LogP contribution in [0.3, 0.4) is 0 Å². The molecule has 1 aliphatic heterocycles. The molecule has 16 heteroatoms. The van der Waals surface area contributed by atoms with Crippen LogP contribution in [0.1, 0.15) is 24.6 Å². The second-order valence-electron chi connectivity index (χ2n) is 7.79. The molecule has 0 saturated carbocycles. The number of hydrogen-bond donors (Lipinski definition) is 9. The van der Waals surface area contributed by atoms with Crippen molar-refractivity contribution in [2.45, 2.75) is 49.5 Å². The van der Waals surface area contributed by atoms with Crippen molar-refractivity contribution >= 4 is 23.7 Å². The average Bonchev–Trinajstić information content (AvgIpc) is 2.81. The molecule has 2 heterocycles. The van der Waals surface area contributed by atoms with Gasteiger partial charge in [-0.15, -0.1) is 0 Å². The van der Waals surface area contributed by atoms with E-state index in [1.165, 1.54) is 18.3 Å². The summed E-state index contributed by atoms with van der Waals surface area (Å²) in [6.07, 6.45) is 0.486. The van der Waals surface area contributed by atoms with Gasteiger partial charge in [-0.2, -0.15) is 4.98 Å². The van der Waals surface area contributed by atoms with E-state index >= 15 is 0 Å². The highest BCUT2D eigenvalue weighted by Gasteiger charge is 2.50. The molecule has 0 saturated heterocycles. The first kappa shape index (κ1) is 27.7. The van der Waals surface area contributed by atoms with Crippen LogP contribution in [0.5, 0.6) is 0 Å². The Morgan fingerprint density at radius 3 is 2.57 bits per heavy atom. The maximum absolute atomic E-state index is 12.4. The molecule has 1 aromatic heterocycles. The summed E-state index contributed by atoms with van der Waals surface area (Å²) in [6, 6.07) is -2.55. The quantitative estimate of drug-likeness (QED) is 0.0601. The summed E-state index contributed by atoms with van der Waals surface area (Å²) in [5, 5.41) is 42.1. The molecule has 194 valence electrons. The Kier molecular flexibility index (Phi) is 9.26. The number of nitrogens with one attached hydrogen (secondary N) is 1. The third kappa shape index (κ3) is 6.52. The number of aliphatic hydroxyl groups excluding tert-OH is 2. The van der Waals surface area contributed by atoms with Gasteiger partial charge in [-0.3, -0.25) is 14.4 Å². The number of anilines is 1. The number of carbonyl (C=O) groups excluding carboxylic acids is 1.